The van der Waals surface area contributed by atoms with Crippen LogP contribution >= 0.6 is 11.6 Å². The highest BCUT2D eigenvalue weighted by Gasteiger charge is 2.67. The maximum Gasteiger partial charge on any atom is 0.319 e. The first-order chi connectivity index (χ1) is 22.9. The number of ether oxygens (including phenoxy) is 1. The molecule has 12 nitrogen and oxygen atoms in total. The third kappa shape index (κ3) is 5.66. The van der Waals surface area contributed by atoms with Gasteiger partial charge in [-0.25, -0.2) is 0 Å². The number of β-amino-alcohol motifs (C(OH)–C–C–N with tert-alkyl or cyclic N) is 1. The molecule has 0 radical (unpaired) electrons. The predicted octanol–water partition coefficient (Wildman–Crippen LogP) is 2.34. The van der Waals surface area contributed by atoms with E-state index in [0.29, 0.717) is 5.02 Å². The predicted molar refractivity (Wildman–Crippen MR) is 173 cm³/mol. The van der Waals surface area contributed by atoms with E-state index in [1.807, 2.05) is 30.3 Å². The van der Waals surface area contributed by atoms with E-state index in [9.17, 15) is 33.9 Å². The van der Waals surface area contributed by atoms with E-state index >= 15 is 0 Å². The van der Waals surface area contributed by atoms with Crippen LogP contribution in [0.25, 0.3) is 10.9 Å². The van der Waals surface area contributed by atoms with Gasteiger partial charge in [-0.2, -0.15) is 0 Å². The Morgan fingerprint density at radius 3 is 2.42 bits per heavy atom. The van der Waals surface area contributed by atoms with Crippen molar-refractivity contribution in [1.29, 1.82) is 0 Å². The topological polar surface area (TPSA) is 166 Å². The molecule has 48 heavy (non-hydrogen) atoms. The molecule has 5 unspecified atom stereocenters. The van der Waals surface area contributed by atoms with Crippen LogP contribution in [0.1, 0.15) is 43.2 Å². The SMILES string of the molecule is COC(=O)C12CCC(C(=O)N3CC(O)CC3C(=O)NC(Cc3c[nH]c4ccccc34)C(=O)N(C)Cc3ccccc3Cl)(CC1=O)C(=O)C2. The highest BCUT2D eigenvalue weighted by atomic mass is 35.5. The Hall–Kier alpha value is -4.55. The van der Waals surface area contributed by atoms with E-state index in [0.717, 1.165) is 34.0 Å². The third-order valence-corrected chi connectivity index (χ3v) is 10.6. The van der Waals surface area contributed by atoms with E-state index in [2.05, 4.69) is 10.3 Å². The number of para-hydroxylation sites is 1. The molecule has 4 fully saturated rings. The van der Waals surface area contributed by atoms with Crippen molar-refractivity contribution in [2.24, 2.45) is 10.8 Å². The number of esters is 1. The minimum absolute atomic E-state index is 0.0256. The number of H-pyrrole nitrogens is 1. The summed E-state index contributed by atoms with van der Waals surface area (Å²) in [4.78, 5) is 87.2. The van der Waals surface area contributed by atoms with Gasteiger partial charge in [0.2, 0.25) is 17.7 Å². The Morgan fingerprint density at radius 2 is 1.71 bits per heavy atom. The Balaban J connectivity index is 1.25. The highest BCUT2D eigenvalue weighted by Crippen LogP contribution is 2.54. The summed E-state index contributed by atoms with van der Waals surface area (Å²) in [5, 5.41) is 14.9. The zero-order valence-corrected chi connectivity index (χ0v) is 27.4. The van der Waals surface area contributed by atoms with E-state index < -0.39 is 77.1 Å². The van der Waals surface area contributed by atoms with Crippen molar-refractivity contribution in [3.63, 3.8) is 0 Å². The molecule has 252 valence electrons. The average Bonchev–Trinajstić information content (AvgIpc) is 3.68. The number of aromatic amines is 1. The van der Waals surface area contributed by atoms with Gasteiger partial charge in [0.05, 0.1) is 13.2 Å². The van der Waals surface area contributed by atoms with Crippen LogP contribution in [0.3, 0.4) is 0 Å². The fourth-order valence-corrected chi connectivity index (χ4v) is 7.72. The van der Waals surface area contributed by atoms with Crippen LogP contribution in [0, 0.1) is 10.8 Å². The summed E-state index contributed by atoms with van der Waals surface area (Å²) >= 11 is 6.36. The standard InChI is InChI=1S/C35H37ClN4O8/c1-39(18-20-7-3-5-9-24(20)36)31(45)26(13-21-17-37-25-10-6-4-8-23(21)25)38-30(44)27-14-22(41)19-40(27)32(46)34-11-12-35(16-28(34)42,29(43)15-34)33(47)48-2/h3-10,17,22,26-27,37,41H,11-16,18-19H2,1-2H3,(H,38,44). The molecule has 2 bridgehead atoms. The minimum atomic E-state index is -1.73. The first kappa shape index (κ1) is 33.4. The van der Waals surface area contributed by atoms with Crippen molar-refractivity contribution in [2.45, 2.75) is 63.3 Å². The van der Waals surface area contributed by atoms with E-state index in [1.54, 1.807) is 31.4 Å². The number of methoxy groups -OCH3 is 1. The Kier molecular flexibility index (Phi) is 8.90. The summed E-state index contributed by atoms with van der Waals surface area (Å²) in [6.07, 6.45) is -0.293. The highest BCUT2D eigenvalue weighted by molar-refractivity contribution is 6.31. The van der Waals surface area contributed by atoms with Gasteiger partial charge in [0, 0.05) is 67.9 Å². The van der Waals surface area contributed by atoms with Crippen molar-refractivity contribution < 1.29 is 38.6 Å². The second-order valence-corrected chi connectivity index (χ2v) is 13.5. The van der Waals surface area contributed by atoms with Gasteiger partial charge in [0.1, 0.15) is 28.7 Å². The minimum Gasteiger partial charge on any atom is -0.468 e. The molecular weight excluding hydrogens is 640 g/mol. The smallest absolute Gasteiger partial charge is 0.319 e. The van der Waals surface area contributed by atoms with Crippen molar-refractivity contribution >= 4 is 57.8 Å². The van der Waals surface area contributed by atoms with Gasteiger partial charge < -0.3 is 29.9 Å². The maximum absolute atomic E-state index is 14.2. The van der Waals surface area contributed by atoms with Crippen molar-refractivity contribution in [2.75, 3.05) is 20.7 Å². The number of likely N-dealkylation sites (tertiary alicyclic amines) is 1. The third-order valence-electron chi connectivity index (χ3n) is 10.3. The van der Waals surface area contributed by atoms with Gasteiger partial charge in [-0.1, -0.05) is 48.0 Å². The lowest BCUT2D eigenvalue weighted by atomic mass is 9.52. The van der Waals surface area contributed by atoms with Gasteiger partial charge in [-0.15, -0.1) is 0 Å². The molecule has 0 spiro atoms. The van der Waals surface area contributed by atoms with Crippen LogP contribution in [-0.2, 0) is 46.5 Å². The largest absolute Gasteiger partial charge is 0.468 e. The molecular formula is C35H37ClN4O8. The van der Waals surface area contributed by atoms with Crippen LogP contribution in [-0.4, -0.2) is 94.0 Å². The number of Topliss-reactive ketones (excluding diaryl/α,β-unsaturated/α-hetero) is 2. The summed E-state index contributed by atoms with van der Waals surface area (Å²) in [5.41, 5.74) is -0.959. The molecule has 5 atom stereocenters. The number of aromatic nitrogens is 1. The van der Waals surface area contributed by atoms with E-state index in [1.165, 1.54) is 4.90 Å². The van der Waals surface area contributed by atoms with Gasteiger partial charge in [0.15, 0.2) is 5.78 Å². The monoisotopic (exact) mass is 676 g/mol. The fourth-order valence-electron chi connectivity index (χ4n) is 7.53. The lowest BCUT2D eigenvalue weighted by molar-refractivity contribution is -0.179. The molecule has 3 amide bonds. The number of hydrogen-bond acceptors (Lipinski definition) is 8. The molecule has 3 aromatic rings. The first-order valence-electron chi connectivity index (χ1n) is 15.9. The lowest BCUT2D eigenvalue weighted by Crippen LogP contribution is -2.64. The summed E-state index contributed by atoms with van der Waals surface area (Å²) in [5.74, 6) is -3.69. The van der Waals surface area contributed by atoms with Crippen molar-refractivity contribution in [3.8, 4) is 0 Å². The molecule has 1 aliphatic heterocycles. The molecule has 13 heteroatoms. The number of ketones is 2. The number of nitrogens with zero attached hydrogens (tertiary/aromatic N) is 2. The van der Waals surface area contributed by atoms with Gasteiger partial charge in [-0.05, 0) is 36.1 Å². The number of aliphatic hydroxyl groups is 1. The summed E-state index contributed by atoms with van der Waals surface area (Å²) in [7, 11) is 2.76. The van der Waals surface area contributed by atoms with Crippen LogP contribution < -0.4 is 5.32 Å². The molecule has 2 aromatic carbocycles. The van der Waals surface area contributed by atoms with Crippen molar-refractivity contribution in [3.05, 3.63) is 70.9 Å². The lowest BCUT2D eigenvalue weighted by Gasteiger charge is -2.49. The number of carbonyl (C=O) groups excluding carboxylic acids is 6. The number of halogens is 1. The van der Waals surface area contributed by atoms with Gasteiger partial charge in [-0.3, -0.25) is 28.8 Å². The van der Waals surface area contributed by atoms with Gasteiger partial charge in [0.25, 0.3) is 0 Å². The number of rotatable bonds is 9. The number of hydrogen-bond donors (Lipinski definition) is 3. The summed E-state index contributed by atoms with van der Waals surface area (Å²) < 4.78 is 4.82. The second kappa shape index (κ2) is 12.8. The van der Waals surface area contributed by atoms with E-state index in [4.69, 9.17) is 16.3 Å². The number of aliphatic hydroxyl groups excluding tert-OH is 1. The molecule has 3 aliphatic carbocycles. The number of likely N-dealkylation sites (N-methyl/N-ethyl adjacent to an activating group) is 1. The summed E-state index contributed by atoms with van der Waals surface area (Å²) in [6.45, 7) is -0.0486. The average molecular weight is 677 g/mol. The molecule has 1 saturated heterocycles. The number of benzene rings is 2. The van der Waals surface area contributed by atoms with Crippen LogP contribution in [0.15, 0.2) is 54.7 Å². The summed E-state index contributed by atoms with van der Waals surface area (Å²) in [6, 6.07) is 12.4. The Labute approximate surface area is 281 Å². The van der Waals surface area contributed by atoms with Crippen LogP contribution in [0.5, 0.6) is 0 Å². The zero-order valence-electron chi connectivity index (χ0n) is 26.7. The van der Waals surface area contributed by atoms with Crippen molar-refractivity contribution in [1.82, 2.24) is 20.1 Å². The molecule has 3 N–H and O–H groups in total. The maximum atomic E-state index is 14.2. The zero-order chi connectivity index (χ0) is 34.4. The molecule has 7 rings (SSSR count). The molecule has 3 saturated carbocycles. The quantitative estimate of drug-likeness (QED) is 0.230. The molecule has 4 aliphatic rings. The Bertz CT molecular complexity index is 1820. The van der Waals surface area contributed by atoms with E-state index in [-0.39, 0.29) is 38.8 Å². The first-order valence-corrected chi connectivity index (χ1v) is 16.3. The number of fused-ring (bicyclic) bond motifs is 4. The van der Waals surface area contributed by atoms with Crippen LogP contribution in [0.4, 0.5) is 0 Å². The molecule has 2 heterocycles. The normalized spacial score (nSPS) is 25.6. The number of nitrogens with one attached hydrogen (secondary N) is 2. The van der Waals surface area contributed by atoms with Gasteiger partial charge >= 0.3 is 5.97 Å². The second-order valence-electron chi connectivity index (χ2n) is 13.1. The van der Waals surface area contributed by atoms with Crippen LogP contribution in [0.2, 0.25) is 5.02 Å². The Morgan fingerprint density at radius 1 is 1.04 bits per heavy atom. The number of carbonyl (C=O) groups is 6. The number of amides is 3. The fraction of sp³-hybridized carbons (Fsp3) is 0.429. The molecule has 1 aromatic heterocycles.